The number of nitrogens with one attached hydrogen (secondary N) is 1. The van der Waals surface area contributed by atoms with Crippen molar-refractivity contribution in [1.82, 2.24) is 14.8 Å². The van der Waals surface area contributed by atoms with Gasteiger partial charge in [0.05, 0.1) is 11.4 Å². The van der Waals surface area contributed by atoms with Crippen LogP contribution in [0.1, 0.15) is 16.7 Å². The van der Waals surface area contributed by atoms with Gasteiger partial charge in [-0.2, -0.15) is 4.98 Å². The first-order chi connectivity index (χ1) is 11.4. The average molecular weight is 342 g/mol. The van der Waals surface area contributed by atoms with Crippen molar-refractivity contribution >= 4 is 16.0 Å². The molecule has 0 spiro atoms. The van der Waals surface area contributed by atoms with Crippen molar-refractivity contribution in [2.24, 2.45) is 0 Å². The van der Waals surface area contributed by atoms with Gasteiger partial charge in [-0.1, -0.05) is 42.0 Å². The highest BCUT2D eigenvalue weighted by Crippen LogP contribution is 2.14. The standard InChI is InChI=1S/C17H18N4O2S/c1-13-7-9-16(10-8-13)24(22,23)20-17-18-12-21(19-17)11-15-6-4-3-5-14(15)2/h3-10,12H,11H2,1-2H3,(H,19,20). The van der Waals surface area contributed by atoms with Crippen molar-refractivity contribution < 1.29 is 8.42 Å². The van der Waals surface area contributed by atoms with Crippen LogP contribution in [0.25, 0.3) is 0 Å². The van der Waals surface area contributed by atoms with E-state index in [0.717, 1.165) is 16.7 Å². The van der Waals surface area contributed by atoms with Gasteiger partial charge in [0.15, 0.2) is 0 Å². The first-order valence-electron chi connectivity index (χ1n) is 7.47. The van der Waals surface area contributed by atoms with Gasteiger partial charge in [-0.15, -0.1) is 5.10 Å². The fourth-order valence-electron chi connectivity index (χ4n) is 2.28. The summed E-state index contributed by atoms with van der Waals surface area (Å²) >= 11 is 0. The number of nitrogens with zero attached hydrogens (tertiary/aromatic N) is 3. The van der Waals surface area contributed by atoms with E-state index in [4.69, 9.17) is 0 Å². The summed E-state index contributed by atoms with van der Waals surface area (Å²) in [5.41, 5.74) is 3.25. The minimum Gasteiger partial charge on any atom is -0.246 e. The Hall–Kier alpha value is -2.67. The van der Waals surface area contributed by atoms with Crippen LogP contribution in [0.2, 0.25) is 0 Å². The largest absolute Gasteiger partial charge is 0.264 e. The fraction of sp³-hybridized carbons (Fsp3) is 0.176. The molecule has 2 aromatic carbocycles. The van der Waals surface area contributed by atoms with E-state index in [1.54, 1.807) is 28.9 Å². The maximum atomic E-state index is 12.3. The number of hydrogen-bond acceptors (Lipinski definition) is 4. The Bertz CT molecular complexity index is 947. The fourth-order valence-corrected chi connectivity index (χ4v) is 3.22. The van der Waals surface area contributed by atoms with Crippen LogP contribution in [-0.4, -0.2) is 23.2 Å². The first-order valence-corrected chi connectivity index (χ1v) is 8.96. The van der Waals surface area contributed by atoms with Gasteiger partial charge in [-0.25, -0.2) is 17.8 Å². The molecule has 6 nitrogen and oxygen atoms in total. The number of benzene rings is 2. The third-order valence-electron chi connectivity index (χ3n) is 3.69. The molecule has 7 heteroatoms. The molecule has 1 aromatic heterocycles. The van der Waals surface area contributed by atoms with Crippen LogP contribution in [0.15, 0.2) is 59.8 Å². The van der Waals surface area contributed by atoms with Crippen molar-refractivity contribution in [3.05, 3.63) is 71.5 Å². The van der Waals surface area contributed by atoms with Gasteiger partial charge in [0, 0.05) is 0 Å². The number of aryl methyl sites for hydroxylation is 2. The molecule has 1 heterocycles. The molecular formula is C17H18N4O2S. The van der Waals surface area contributed by atoms with Gasteiger partial charge in [-0.3, -0.25) is 0 Å². The number of hydrogen-bond donors (Lipinski definition) is 1. The van der Waals surface area contributed by atoms with Gasteiger partial charge < -0.3 is 0 Å². The summed E-state index contributed by atoms with van der Waals surface area (Å²) in [6, 6.07) is 14.6. The first kappa shape index (κ1) is 16.2. The van der Waals surface area contributed by atoms with Crippen LogP contribution in [0.3, 0.4) is 0 Å². The van der Waals surface area contributed by atoms with Crippen molar-refractivity contribution in [1.29, 1.82) is 0 Å². The van der Waals surface area contributed by atoms with Crippen LogP contribution in [0.5, 0.6) is 0 Å². The maximum Gasteiger partial charge on any atom is 0.264 e. The number of sulfonamides is 1. The average Bonchev–Trinajstić information content (AvgIpc) is 2.96. The van der Waals surface area contributed by atoms with E-state index in [0.29, 0.717) is 6.54 Å². The molecule has 0 atom stereocenters. The molecule has 0 aliphatic heterocycles. The quantitative estimate of drug-likeness (QED) is 0.773. The second kappa shape index (κ2) is 6.45. The molecule has 0 bridgehead atoms. The van der Waals surface area contributed by atoms with E-state index >= 15 is 0 Å². The minimum atomic E-state index is -3.69. The Morgan fingerprint density at radius 1 is 1.04 bits per heavy atom. The number of anilines is 1. The highest BCUT2D eigenvalue weighted by atomic mass is 32.2. The lowest BCUT2D eigenvalue weighted by Crippen LogP contribution is -2.14. The zero-order chi connectivity index (χ0) is 17.2. The predicted molar refractivity (Wildman–Crippen MR) is 92.3 cm³/mol. The van der Waals surface area contributed by atoms with Gasteiger partial charge in [0.25, 0.3) is 16.0 Å². The summed E-state index contributed by atoms with van der Waals surface area (Å²) in [6.45, 7) is 4.46. The molecule has 0 unspecified atom stereocenters. The monoisotopic (exact) mass is 342 g/mol. The van der Waals surface area contributed by atoms with Crippen LogP contribution in [0, 0.1) is 13.8 Å². The van der Waals surface area contributed by atoms with Gasteiger partial charge in [-0.05, 0) is 37.1 Å². The minimum absolute atomic E-state index is 0.0594. The molecule has 3 rings (SSSR count). The van der Waals surface area contributed by atoms with E-state index in [9.17, 15) is 8.42 Å². The van der Waals surface area contributed by atoms with Crippen molar-refractivity contribution in [3.8, 4) is 0 Å². The van der Waals surface area contributed by atoms with Crippen molar-refractivity contribution in [3.63, 3.8) is 0 Å². The highest BCUT2D eigenvalue weighted by molar-refractivity contribution is 7.92. The molecule has 124 valence electrons. The van der Waals surface area contributed by atoms with Gasteiger partial charge in [0.1, 0.15) is 6.33 Å². The topological polar surface area (TPSA) is 76.9 Å². The van der Waals surface area contributed by atoms with E-state index in [-0.39, 0.29) is 10.8 Å². The van der Waals surface area contributed by atoms with Gasteiger partial charge in [0.2, 0.25) is 0 Å². The van der Waals surface area contributed by atoms with Crippen LogP contribution < -0.4 is 4.72 Å². The lowest BCUT2D eigenvalue weighted by Gasteiger charge is -2.06. The molecule has 0 saturated carbocycles. The molecule has 0 aliphatic rings. The molecule has 0 amide bonds. The lowest BCUT2D eigenvalue weighted by molar-refractivity contribution is 0.600. The lowest BCUT2D eigenvalue weighted by atomic mass is 10.1. The molecule has 0 fully saturated rings. The molecule has 0 radical (unpaired) electrons. The van der Waals surface area contributed by atoms with Crippen LogP contribution >= 0.6 is 0 Å². The zero-order valence-corrected chi connectivity index (χ0v) is 14.3. The zero-order valence-electron chi connectivity index (χ0n) is 13.5. The Morgan fingerprint density at radius 3 is 2.46 bits per heavy atom. The van der Waals surface area contributed by atoms with E-state index in [2.05, 4.69) is 14.8 Å². The Balaban J connectivity index is 1.76. The van der Waals surface area contributed by atoms with E-state index in [1.807, 2.05) is 38.1 Å². The SMILES string of the molecule is Cc1ccc(S(=O)(=O)Nc2ncn(Cc3ccccc3C)n2)cc1. The molecule has 3 aromatic rings. The molecule has 24 heavy (non-hydrogen) atoms. The van der Waals surface area contributed by atoms with Crippen LogP contribution in [-0.2, 0) is 16.6 Å². The summed E-state index contributed by atoms with van der Waals surface area (Å²) in [5.74, 6) is 0.0594. The number of rotatable bonds is 5. The molecular weight excluding hydrogens is 324 g/mol. The third-order valence-corrected chi connectivity index (χ3v) is 5.03. The molecule has 0 saturated heterocycles. The summed E-state index contributed by atoms with van der Waals surface area (Å²) in [5, 5.41) is 4.19. The number of aromatic nitrogens is 3. The second-order valence-corrected chi connectivity index (χ2v) is 7.29. The van der Waals surface area contributed by atoms with Crippen molar-refractivity contribution in [2.75, 3.05) is 4.72 Å². The summed E-state index contributed by atoms with van der Waals surface area (Å²) in [7, 11) is -3.69. The summed E-state index contributed by atoms with van der Waals surface area (Å²) < 4.78 is 28.7. The Morgan fingerprint density at radius 2 is 1.75 bits per heavy atom. The van der Waals surface area contributed by atoms with Crippen molar-refractivity contribution in [2.45, 2.75) is 25.3 Å². The Labute approximate surface area is 141 Å². The third kappa shape index (κ3) is 3.62. The van der Waals surface area contributed by atoms with E-state index in [1.165, 1.54) is 6.33 Å². The summed E-state index contributed by atoms with van der Waals surface area (Å²) in [6.07, 6.45) is 1.51. The smallest absolute Gasteiger partial charge is 0.246 e. The summed E-state index contributed by atoms with van der Waals surface area (Å²) in [4.78, 5) is 4.22. The van der Waals surface area contributed by atoms with Gasteiger partial charge >= 0.3 is 0 Å². The Kier molecular flexibility index (Phi) is 4.35. The van der Waals surface area contributed by atoms with Crippen LogP contribution in [0.4, 0.5) is 5.95 Å². The maximum absolute atomic E-state index is 12.3. The van der Waals surface area contributed by atoms with E-state index < -0.39 is 10.0 Å². The molecule has 1 N–H and O–H groups in total. The normalized spacial score (nSPS) is 11.4. The second-order valence-electron chi connectivity index (χ2n) is 5.61. The molecule has 0 aliphatic carbocycles. The predicted octanol–water partition coefficient (Wildman–Crippen LogP) is 2.74. The highest BCUT2D eigenvalue weighted by Gasteiger charge is 2.16.